The molecular formula is C14H17FN2O4. The van der Waals surface area contributed by atoms with Gasteiger partial charge in [0.25, 0.3) is 0 Å². The molecule has 1 aliphatic rings. The molecule has 1 heterocycles. The van der Waals surface area contributed by atoms with Crippen LogP contribution in [-0.2, 0) is 16.1 Å². The number of urea groups is 1. The van der Waals surface area contributed by atoms with Crippen molar-refractivity contribution in [2.75, 3.05) is 20.3 Å². The van der Waals surface area contributed by atoms with Crippen LogP contribution in [0.5, 0.6) is 0 Å². The summed E-state index contributed by atoms with van der Waals surface area (Å²) in [4.78, 5) is 24.4. The Morgan fingerprint density at radius 3 is 2.81 bits per heavy atom. The monoisotopic (exact) mass is 296 g/mol. The van der Waals surface area contributed by atoms with E-state index in [9.17, 15) is 14.0 Å². The van der Waals surface area contributed by atoms with E-state index in [1.54, 1.807) is 18.2 Å². The highest BCUT2D eigenvalue weighted by atomic mass is 19.1. The van der Waals surface area contributed by atoms with Crippen molar-refractivity contribution in [1.29, 1.82) is 0 Å². The number of rotatable bonds is 4. The highest BCUT2D eigenvalue weighted by Crippen LogP contribution is 2.19. The lowest BCUT2D eigenvalue weighted by Crippen LogP contribution is -2.48. The van der Waals surface area contributed by atoms with Gasteiger partial charge in [-0.3, -0.25) is 4.79 Å². The first-order chi connectivity index (χ1) is 10.0. The molecule has 2 rings (SSSR count). The normalized spacial score (nSPS) is 21.0. The second-order valence-electron chi connectivity index (χ2n) is 4.91. The molecule has 1 fully saturated rings. The maximum atomic E-state index is 13.4. The van der Waals surface area contributed by atoms with E-state index in [2.05, 4.69) is 5.32 Å². The molecule has 7 heteroatoms. The Morgan fingerprint density at radius 1 is 1.43 bits per heavy atom. The predicted molar refractivity (Wildman–Crippen MR) is 72.1 cm³/mol. The van der Waals surface area contributed by atoms with Crippen LogP contribution in [0, 0.1) is 11.7 Å². The maximum absolute atomic E-state index is 13.4. The number of likely N-dealkylation sites (N-methyl/N-ethyl adjacent to an activating group) is 1. The average molecular weight is 296 g/mol. The Morgan fingerprint density at radius 2 is 2.14 bits per heavy atom. The molecule has 2 amide bonds. The van der Waals surface area contributed by atoms with Crippen LogP contribution in [0.3, 0.4) is 0 Å². The third-order valence-corrected chi connectivity index (χ3v) is 3.57. The Kier molecular flexibility index (Phi) is 4.74. The fraction of sp³-hybridized carbons (Fsp3) is 0.429. The molecule has 1 aromatic rings. The third kappa shape index (κ3) is 3.49. The van der Waals surface area contributed by atoms with E-state index in [0.29, 0.717) is 5.56 Å². The topological polar surface area (TPSA) is 78.9 Å². The van der Waals surface area contributed by atoms with Gasteiger partial charge in [-0.15, -0.1) is 0 Å². The molecule has 2 atom stereocenters. The summed E-state index contributed by atoms with van der Waals surface area (Å²) in [5.41, 5.74) is 0.372. The summed E-state index contributed by atoms with van der Waals surface area (Å²) < 4.78 is 18.6. The molecule has 0 bridgehead atoms. The number of carboxylic acid groups (broad SMARTS) is 1. The van der Waals surface area contributed by atoms with Crippen molar-refractivity contribution in [2.24, 2.45) is 5.92 Å². The van der Waals surface area contributed by atoms with Gasteiger partial charge in [0, 0.05) is 19.2 Å². The number of halogens is 1. The van der Waals surface area contributed by atoms with Crippen molar-refractivity contribution in [3.63, 3.8) is 0 Å². The highest BCUT2D eigenvalue weighted by Gasteiger charge is 2.38. The van der Waals surface area contributed by atoms with Gasteiger partial charge in [-0.1, -0.05) is 18.2 Å². The van der Waals surface area contributed by atoms with Crippen LogP contribution in [0.2, 0.25) is 0 Å². The number of carbonyl (C=O) groups excluding carboxylic acids is 1. The standard InChI is InChI=1S/C14H17FN2O4/c1-17(12-8-21-7-10(12)13(18)19)14(20)16-6-9-4-2-3-5-11(9)15/h2-5,10,12H,6-8H2,1H3,(H,16,20)(H,18,19). The van der Waals surface area contributed by atoms with Gasteiger partial charge in [0.05, 0.1) is 19.3 Å². The summed E-state index contributed by atoms with van der Waals surface area (Å²) in [5.74, 6) is -2.13. The molecule has 0 aliphatic carbocycles. The molecule has 0 radical (unpaired) electrons. The zero-order valence-corrected chi connectivity index (χ0v) is 11.6. The lowest BCUT2D eigenvalue weighted by Gasteiger charge is -2.26. The van der Waals surface area contributed by atoms with Crippen LogP contribution >= 0.6 is 0 Å². The first kappa shape index (κ1) is 15.2. The Balaban J connectivity index is 1.94. The quantitative estimate of drug-likeness (QED) is 0.871. The average Bonchev–Trinajstić information content (AvgIpc) is 2.95. The molecular weight excluding hydrogens is 279 g/mol. The first-order valence-electron chi connectivity index (χ1n) is 6.55. The fourth-order valence-corrected chi connectivity index (χ4v) is 2.25. The Bertz CT molecular complexity index is 537. The second-order valence-corrected chi connectivity index (χ2v) is 4.91. The van der Waals surface area contributed by atoms with Crippen molar-refractivity contribution in [3.05, 3.63) is 35.6 Å². The van der Waals surface area contributed by atoms with Crippen LogP contribution in [0.1, 0.15) is 5.56 Å². The second kappa shape index (κ2) is 6.53. The number of hydrogen-bond donors (Lipinski definition) is 2. The van der Waals surface area contributed by atoms with E-state index < -0.39 is 29.8 Å². The van der Waals surface area contributed by atoms with Crippen molar-refractivity contribution >= 4 is 12.0 Å². The molecule has 114 valence electrons. The minimum absolute atomic E-state index is 0.0428. The summed E-state index contributed by atoms with van der Waals surface area (Å²) in [6.45, 7) is 0.312. The summed E-state index contributed by atoms with van der Waals surface area (Å²) in [7, 11) is 1.51. The van der Waals surface area contributed by atoms with Crippen molar-refractivity contribution in [2.45, 2.75) is 12.6 Å². The summed E-state index contributed by atoms with van der Waals surface area (Å²) >= 11 is 0. The number of aliphatic carboxylic acids is 1. The van der Waals surface area contributed by atoms with Crippen LogP contribution in [0.4, 0.5) is 9.18 Å². The van der Waals surface area contributed by atoms with Crippen molar-refractivity contribution in [1.82, 2.24) is 10.2 Å². The molecule has 1 aromatic carbocycles. The number of nitrogens with zero attached hydrogens (tertiary/aromatic N) is 1. The number of carbonyl (C=O) groups is 2. The number of benzene rings is 1. The summed E-state index contributed by atoms with van der Waals surface area (Å²) in [5, 5.41) is 11.6. The number of carboxylic acids is 1. The Hall–Kier alpha value is -2.15. The molecule has 0 spiro atoms. The number of hydrogen-bond acceptors (Lipinski definition) is 3. The van der Waals surface area contributed by atoms with Crippen molar-refractivity contribution < 1.29 is 23.8 Å². The van der Waals surface area contributed by atoms with Gasteiger partial charge in [-0.25, -0.2) is 9.18 Å². The summed E-state index contributed by atoms with van der Waals surface area (Å²) in [6.07, 6.45) is 0. The van der Waals surface area contributed by atoms with Gasteiger partial charge in [-0.2, -0.15) is 0 Å². The zero-order chi connectivity index (χ0) is 15.4. The van der Waals surface area contributed by atoms with Gasteiger partial charge in [0.15, 0.2) is 0 Å². The number of ether oxygens (including phenoxy) is 1. The van der Waals surface area contributed by atoms with Crippen LogP contribution < -0.4 is 5.32 Å². The van der Waals surface area contributed by atoms with Crippen LogP contribution in [-0.4, -0.2) is 48.3 Å². The molecule has 2 N–H and O–H groups in total. The minimum Gasteiger partial charge on any atom is -0.481 e. The predicted octanol–water partition coefficient (Wildman–Crippen LogP) is 1.07. The molecule has 2 unspecified atom stereocenters. The summed E-state index contributed by atoms with van der Waals surface area (Å²) in [6, 6.07) is 5.16. The van der Waals surface area contributed by atoms with E-state index in [1.807, 2.05) is 0 Å². The number of nitrogens with one attached hydrogen (secondary N) is 1. The van der Waals surface area contributed by atoms with Gasteiger partial charge >= 0.3 is 12.0 Å². The molecule has 21 heavy (non-hydrogen) atoms. The molecule has 0 aromatic heterocycles. The smallest absolute Gasteiger partial charge is 0.317 e. The largest absolute Gasteiger partial charge is 0.481 e. The van der Waals surface area contributed by atoms with Crippen LogP contribution in [0.15, 0.2) is 24.3 Å². The first-order valence-corrected chi connectivity index (χ1v) is 6.55. The van der Waals surface area contributed by atoms with Gasteiger partial charge in [0.1, 0.15) is 11.7 Å². The maximum Gasteiger partial charge on any atom is 0.317 e. The third-order valence-electron chi connectivity index (χ3n) is 3.57. The molecule has 1 aliphatic heterocycles. The SMILES string of the molecule is CN(C(=O)NCc1ccccc1F)C1COCC1C(=O)O. The van der Waals surface area contributed by atoms with Crippen molar-refractivity contribution in [3.8, 4) is 0 Å². The van der Waals surface area contributed by atoms with Gasteiger partial charge in [0.2, 0.25) is 0 Å². The highest BCUT2D eigenvalue weighted by molar-refractivity contribution is 5.77. The zero-order valence-electron chi connectivity index (χ0n) is 11.6. The Labute approximate surface area is 121 Å². The molecule has 6 nitrogen and oxygen atoms in total. The van der Waals surface area contributed by atoms with E-state index in [-0.39, 0.29) is 19.8 Å². The molecule has 0 saturated carbocycles. The van der Waals surface area contributed by atoms with Gasteiger partial charge < -0.3 is 20.1 Å². The van der Waals surface area contributed by atoms with E-state index in [0.717, 1.165) is 0 Å². The van der Waals surface area contributed by atoms with Gasteiger partial charge in [-0.05, 0) is 6.07 Å². The molecule has 1 saturated heterocycles. The van der Waals surface area contributed by atoms with E-state index >= 15 is 0 Å². The number of amides is 2. The lowest BCUT2D eigenvalue weighted by atomic mass is 10.0. The van der Waals surface area contributed by atoms with E-state index in [1.165, 1.54) is 18.0 Å². The van der Waals surface area contributed by atoms with E-state index in [4.69, 9.17) is 9.84 Å². The fourth-order valence-electron chi connectivity index (χ4n) is 2.25. The van der Waals surface area contributed by atoms with Crippen LogP contribution in [0.25, 0.3) is 0 Å². The lowest BCUT2D eigenvalue weighted by molar-refractivity contribution is -0.142. The minimum atomic E-state index is -0.994.